The lowest BCUT2D eigenvalue weighted by Crippen LogP contribution is -2.00. The van der Waals surface area contributed by atoms with Crippen molar-refractivity contribution < 1.29 is 0 Å². The van der Waals surface area contributed by atoms with Crippen LogP contribution in [0, 0.1) is 0 Å². The van der Waals surface area contributed by atoms with Crippen molar-refractivity contribution in [2.45, 2.75) is 0 Å². The summed E-state index contributed by atoms with van der Waals surface area (Å²) in [5.41, 5.74) is 21.7. The Bertz CT molecular complexity index is 3540. The van der Waals surface area contributed by atoms with Gasteiger partial charge in [-0.15, -0.1) is 0 Å². The molecule has 62 heavy (non-hydrogen) atoms. The second-order valence-electron chi connectivity index (χ2n) is 16.4. The van der Waals surface area contributed by atoms with E-state index in [0.29, 0.717) is 0 Å². The van der Waals surface area contributed by atoms with Crippen molar-refractivity contribution in [2.24, 2.45) is 0 Å². The second-order valence-corrected chi connectivity index (χ2v) is 16.4. The van der Waals surface area contributed by atoms with Crippen LogP contribution >= 0.6 is 0 Å². The number of rotatable bonds is 6. The third-order valence-electron chi connectivity index (χ3n) is 13.0. The number of fused-ring (bicyclic) bond motifs is 8. The van der Waals surface area contributed by atoms with Gasteiger partial charge in [-0.2, -0.15) is 0 Å². The van der Waals surface area contributed by atoms with E-state index >= 15 is 0 Å². The third-order valence-corrected chi connectivity index (χ3v) is 13.0. The Labute approximate surface area is 359 Å². The van der Waals surface area contributed by atoms with E-state index in [1.807, 2.05) is 0 Å². The number of benzene rings is 10. The van der Waals surface area contributed by atoms with Gasteiger partial charge in [0, 0.05) is 21.5 Å². The average molecular weight is 787 g/mol. The summed E-state index contributed by atoms with van der Waals surface area (Å²) in [4.78, 5) is 0. The van der Waals surface area contributed by atoms with Crippen LogP contribution in [0.15, 0.2) is 231 Å². The van der Waals surface area contributed by atoms with Crippen molar-refractivity contribution in [3.05, 3.63) is 231 Å². The molecule has 2 nitrogen and oxygen atoms in total. The highest BCUT2D eigenvalue weighted by Gasteiger charge is 2.29. The molecule has 0 atom stereocenters. The molecule has 0 aliphatic rings. The molecular weight excluding hydrogens is 749 g/mol. The predicted octanol–water partition coefficient (Wildman–Crippen LogP) is 16.2. The van der Waals surface area contributed by atoms with Gasteiger partial charge in [-0.1, -0.05) is 194 Å². The predicted molar refractivity (Wildman–Crippen MR) is 262 cm³/mol. The Kier molecular flexibility index (Phi) is 7.64. The summed E-state index contributed by atoms with van der Waals surface area (Å²) in [6, 6.07) is 84.8. The number of hydrogen-bond acceptors (Lipinski definition) is 0. The van der Waals surface area contributed by atoms with E-state index in [-0.39, 0.29) is 0 Å². The Morgan fingerprint density at radius 3 is 0.871 bits per heavy atom. The van der Waals surface area contributed by atoms with E-state index in [9.17, 15) is 0 Å². The van der Waals surface area contributed by atoms with E-state index in [2.05, 4.69) is 239 Å². The highest BCUT2D eigenvalue weighted by molar-refractivity contribution is 6.30. The normalized spacial score (nSPS) is 11.9. The first-order chi connectivity index (χ1) is 30.8. The summed E-state index contributed by atoms with van der Waals surface area (Å²) >= 11 is 0. The van der Waals surface area contributed by atoms with Crippen LogP contribution in [0.4, 0.5) is 0 Å². The molecule has 3 heterocycles. The molecule has 0 N–H and O–H groups in total. The van der Waals surface area contributed by atoms with Crippen molar-refractivity contribution >= 4 is 54.6 Å². The van der Waals surface area contributed by atoms with Crippen molar-refractivity contribution in [3.63, 3.8) is 0 Å². The van der Waals surface area contributed by atoms with Crippen LogP contribution in [-0.4, -0.2) is 8.80 Å². The first kappa shape index (κ1) is 34.6. The molecule has 0 fully saturated rings. The molecule has 288 valence electrons. The molecule has 0 saturated heterocycles. The van der Waals surface area contributed by atoms with Crippen LogP contribution in [0.25, 0.3) is 121 Å². The number of aromatic nitrogens is 2. The molecule has 0 spiro atoms. The molecule has 3 aromatic heterocycles. The topological polar surface area (TPSA) is 8.82 Å². The van der Waals surface area contributed by atoms with Gasteiger partial charge in [0.2, 0.25) is 0 Å². The van der Waals surface area contributed by atoms with Gasteiger partial charge < -0.3 is 8.80 Å². The molecule has 13 aromatic rings. The first-order valence-corrected chi connectivity index (χ1v) is 21.4. The Morgan fingerprint density at radius 1 is 0.226 bits per heavy atom. The fraction of sp³-hybridized carbons (Fsp3) is 0. The summed E-state index contributed by atoms with van der Waals surface area (Å²) < 4.78 is 5.19. The molecule has 0 amide bonds. The van der Waals surface area contributed by atoms with Crippen LogP contribution in [0.3, 0.4) is 0 Å². The van der Waals surface area contributed by atoms with Crippen LogP contribution in [0.1, 0.15) is 0 Å². The van der Waals surface area contributed by atoms with Crippen LogP contribution in [0.2, 0.25) is 0 Å². The molecule has 2 heteroatoms. The van der Waals surface area contributed by atoms with E-state index < -0.39 is 0 Å². The zero-order valence-corrected chi connectivity index (χ0v) is 33.8. The van der Waals surface area contributed by atoms with Crippen LogP contribution in [-0.2, 0) is 0 Å². The molecule has 0 unspecified atom stereocenters. The Morgan fingerprint density at radius 2 is 0.532 bits per heavy atom. The minimum Gasteiger partial charge on any atom is -0.305 e. The second kappa shape index (κ2) is 13.7. The van der Waals surface area contributed by atoms with Gasteiger partial charge in [-0.05, 0) is 103 Å². The zero-order chi connectivity index (χ0) is 40.7. The molecule has 0 saturated carbocycles. The van der Waals surface area contributed by atoms with Gasteiger partial charge >= 0.3 is 0 Å². The van der Waals surface area contributed by atoms with E-state index in [4.69, 9.17) is 0 Å². The van der Waals surface area contributed by atoms with Crippen LogP contribution in [0.5, 0.6) is 0 Å². The molecule has 0 aliphatic heterocycles. The maximum atomic E-state index is 2.59. The minimum absolute atomic E-state index is 1.18. The molecule has 0 bridgehead atoms. The highest BCUT2D eigenvalue weighted by Crippen LogP contribution is 2.52. The summed E-state index contributed by atoms with van der Waals surface area (Å²) in [7, 11) is 0. The first-order valence-electron chi connectivity index (χ1n) is 21.4. The van der Waals surface area contributed by atoms with Crippen LogP contribution < -0.4 is 0 Å². The monoisotopic (exact) mass is 786 g/mol. The van der Waals surface area contributed by atoms with Crippen molar-refractivity contribution in [2.75, 3.05) is 0 Å². The number of hydrogen-bond donors (Lipinski definition) is 0. The zero-order valence-electron chi connectivity index (χ0n) is 33.8. The molecular formula is C60H38N2. The van der Waals surface area contributed by atoms with Gasteiger partial charge in [-0.3, -0.25) is 0 Å². The summed E-state index contributed by atoms with van der Waals surface area (Å²) in [5, 5.41) is 5.00. The SMILES string of the molecule is c1ccc(-c2ccc3c(c2)c2c(-c4ccccc4)c(-c4ccccc4)cc4c2n3c2cc(-c3ccccc3)c(-c3ccccc3)c3c5cc(-c6ccccc6)ccc5n4c32)cc1. The standard InChI is InChI=1S/C60H38N2/c1-7-19-39(20-8-1)45-31-33-51-49(35-45)57-55(43-27-15-5-16-28-43)47(41-23-11-3-12-24-41)37-53-59(57)61(51)54-38-48(42-25-13-4-14-26-42)56(44-29-17-6-18-30-44)58-50-36-46(40-21-9-2-10-22-40)32-34-52(50)62(53)60(54)58/h1-38H. The highest BCUT2D eigenvalue weighted by atomic mass is 15.0. The maximum Gasteiger partial charge on any atom is 0.0789 e. The molecule has 13 rings (SSSR count). The summed E-state index contributed by atoms with van der Waals surface area (Å²) in [6.45, 7) is 0. The Hall–Kier alpha value is -8.20. The van der Waals surface area contributed by atoms with Crippen molar-refractivity contribution in [1.29, 1.82) is 0 Å². The Balaban J connectivity index is 1.33. The molecule has 0 radical (unpaired) electrons. The van der Waals surface area contributed by atoms with Gasteiger partial charge in [-0.25, -0.2) is 0 Å². The molecule has 0 aliphatic carbocycles. The van der Waals surface area contributed by atoms with E-state index in [1.165, 1.54) is 121 Å². The largest absolute Gasteiger partial charge is 0.305 e. The smallest absolute Gasteiger partial charge is 0.0789 e. The summed E-state index contributed by atoms with van der Waals surface area (Å²) in [6.07, 6.45) is 0. The quantitative estimate of drug-likeness (QED) is 0.148. The maximum absolute atomic E-state index is 2.59. The molecule has 10 aromatic carbocycles. The lowest BCUT2D eigenvalue weighted by atomic mass is 9.89. The summed E-state index contributed by atoms with van der Waals surface area (Å²) in [5.74, 6) is 0. The van der Waals surface area contributed by atoms with Gasteiger partial charge in [0.25, 0.3) is 0 Å². The lowest BCUT2D eigenvalue weighted by Gasteiger charge is -2.19. The van der Waals surface area contributed by atoms with E-state index in [0.717, 1.165) is 0 Å². The lowest BCUT2D eigenvalue weighted by molar-refractivity contribution is 1.26. The van der Waals surface area contributed by atoms with E-state index in [1.54, 1.807) is 0 Å². The fourth-order valence-electron chi connectivity index (χ4n) is 10.4. The van der Waals surface area contributed by atoms with Gasteiger partial charge in [0.15, 0.2) is 0 Å². The van der Waals surface area contributed by atoms with Crippen molar-refractivity contribution in [1.82, 2.24) is 8.80 Å². The number of nitrogens with zero attached hydrogens (tertiary/aromatic N) is 2. The minimum atomic E-state index is 1.18. The van der Waals surface area contributed by atoms with Gasteiger partial charge in [0.05, 0.1) is 33.1 Å². The van der Waals surface area contributed by atoms with Crippen molar-refractivity contribution in [3.8, 4) is 66.8 Å². The fourth-order valence-corrected chi connectivity index (χ4v) is 10.4. The van der Waals surface area contributed by atoms with Gasteiger partial charge in [0.1, 0.15) is 0 Å². The average Bonchev–Trinajstić information content (AvgIpc) is 3.88. The third kappa shape index (κ3) is 5.11.